The minimum absolute atomic E-state index is 0.180. The number of piperidine rings is 1. The van der Waals surface area contributed by atoms with Crippen molar-refractivity contribution in [3.63, 3.8) is 0 Å². The standard InChI is InChI=1S/C20H25NO2/c22-13-11-16-6-8-18(9-7-16)19-10-12-21(15-20(19)23)14-17-4-2-1-3-5-17/h1-9,19-20,22-23H,10-15H2. The van der Waals surface area contributed by atoms with Crippen molar-refractivity contribution in [2.75, 3.05) is 19.7 Å². The van der Waals surface area contributed by atoms with Gasteiger partial charge in [0.1, 0.15) is 0 Å². The smallest absolute Gasteiger partial charge is 0.0736 e. The lowest BCUT2D eigenvalue weighted by atomic mass is 9.86. The molecule has 0 saturated carbocycles. The van der Waals surface area contributed by atoms with E-state index in [1.54, 1.807) is 0 Å². The van der Waals surface area contributed by atoms with Crippen LogP contribution in [-0.4, -0.2) is 40.9 Å². The van der Waals surface area contributed by atoms with Crippen LogP contribution in [0.3, 0.4) is 0 Å². The van der Waals surface area contributed by atoms with Crippen LogP contribution in [-0.2, 0) is 13.0 Å². The number of aliphatic hydroxyl groups is 2. The van der Waals surface area contributed by atoms with Gasteiger partial charge in [0, 0.05) is 25.6 Å². The van der Waals surface area contributed by atoms with Gasteiger partial charge in [-0.3, -0.25) is 4.90 Å². The molecule has 2 atom stereocenters. The number of β-amino-alcohol motifs (C(OH)–C–C–N with tert-alkyl or cyclic N) is 1. The van der Waals surface area contributed by atoms with Gasteiger partial charge in [-0.15, -0.1) is 0 Å². The van der Waals surface area contributed by atoms with Crippen LogP contribution < -0.4 is 0 Å². The fraction of sp³-hybridized carbons (Fsp3) is 0.400. The largest absolute Gasteiger partial charge is 0.396 e. The van der Waals surface area contributed by atoms with Crippen LogP contribution in [0.25, 0.3) is 0 Å². The predicted octanol–water partition coefficient (Wildman–Crippen LogP) is 2.57. The molecule has 122 valence electrons. The lowest BCUT2D eigenvalue weighted by Crippen LogP contribution is -2.42. The predicted molar refractivity (Wildman–Crippen MR) is 92.3 cm³/mol. The van der Waals surface area contributed by atoms with E-state index in [1.807, 2.05) is 6.07 Å². The van der Waals surface area contributed by atoms with Crippen LogP contribution in [0, 0.1) is 0 Å². The zero-order chi connectivity index (χ0) is 16.1. The summed E-state index contributed by atoms with van der Waals surface area (Å²) in [6.07, 6.45) is 1.35. The number of nitrogens with zero attached hydrogens (tertiary/aromatic N) is 1. The number of hydrogen-bond donors (Lipinski definition) is 2. The van der Waals surface area contributed by atoms with E-state index in [9.17, 15) is 5.11 Å². The van der Waals surface area contributed by atoms with Gasteiger partial charge in [0.15, 0.2) is 0 Å². The third-order valence-corrected chi connectivity index (χ3v) is 4.72. The molecule has 1 saturated heterocycles. The molecular weight excluding hydrogens is 286 g/mol. The Labute approximate surface area is 138 Å². The average molecular weight is 311 g/mol. The summed E-state index contributed by atoms with van der Waals surface area (Å²) < 4.78 is 0. The van der Waals surface area contributed by atoms with E-state index in [-0.39, 0.29) is 18.6 Å². The highest BCUT2D eigenvalue weighted by atomic mass is 16.3. The molecule has 3 heteroatoms. The van der Waals surface area contributed by atoms with E-state index in [2.05, 4.69) is 53.4 Å². The maximum Gasteiger partial charge on any atom is 0.0736 e. The van der Waals surface area contributed by atoms with E-state index >= 15 is 0 Å². The highest BCUT2D eigenvalue weighted by Crippen LogP contribution is 2.29. The summed E-state index contributed by atoms with van der Waals surface area (Å²) in [5.41, 5.74) is 3.65. The van der Waals surface area contributed by atoms with Crippen molar-refractivity contribution in [1.82, 2.24) is 4.90 Å². The van der Waals surface area contributed by atoms with Gasteiger partial charge < -0.3 is 10.2 Å². The number of benzene rings is 2. The van der Waals surface area contributed by atoms with Crippen LogP contribution in [0.4, 0.5) is 0 Å². The number of hydrogen-bond acceptors (Lipinski definition) is 3. The molecule has 2 N–H and O–H groups in total. The summed E-state index contributed by atoms with van der Waals surface area (Å²) in [4.78, 5) is 2.33. The summed E-state index contributed by atoms with van der Waals surface area (Å²) in [6.45, 7) is 2.81. The molecule has 1 aliphatic heterocycles. The van der Waals surface area contributed by atoms with Gasteiger partial charge in [-0.2, -0.15) is 0 Å². The Morgan fingerprint density at radius 2 is 1.70 bits per heavy atom. The Bertz CT molecular complexity index is 597. The fourth-order valence-electron chi connectivity index (χ4n) is 3.43. The van der Waals surface area contributed by atoms with Gasteiger partial charge >= 0.3 is 0 Å². The summed E-state index contributed by atoms with van der Waals surface area (Å²) in [5, 5.41) is 19.5. The second-order valence-corrected chi connectivity index (χ2v) is 6.40. The van der Waals surface area contributed by atoms with Crippen LogP contribution in [0.1, 0.15) is 29.0 Å². The van der Waals surface area contributed by atoms with Crippen LogP contribution in [0.15, 0.2) is 54.6 Å². The molecule has 1 fully saturated rings. The van der Waals surface area contributed by atoms with Crippen molar-refractivity contribution in [2.24, 2.45) is 0 Å². The quantitative estimate of drug-likeness (QED) is 0.892. The molecule has 0 amide bonds. The number of rotatable bonds is 5. The number of aliphatic hydroxyl groups excluding tert-OH is 2. The van der Waals surface area contributed by atoms with E-state index in [0.717, 1.165) is 31.6 Å². The van der Waals surface area contributed by atoms with Gasteiger partial charge in [0.2, 0.25) is 0 Å². The lowest BCUT2D eigenvalue weighted by Gasteiger charge is -2.36. The molecule has 3 nitrogen and oxygen atoms in total. The lowest BCUT2D eigenvalue weighted by molar-refractivity contribution is 0.0477. The first kappa shape index (κ1) is 16.2. The zero-order valence-electron chi connectivity index (χ0n) is 13.4. The minimum atomic E-state index is -0.323. The molecular formula is C20H25NO2. The Morgan fingerprint density at radius 3 is 2.35 bits per heavy atom. The van der Waals surface area contributed by atoms with Crippen molar-refractivity contribution in [3.05, 3.63) is 71.3 Å². The Kier molecular flexibility index (Phi) is 5.44. The first-order valence-corrected chi connectivity index (χ1v) is 8.40. The monoisotopic (exact) mass is 311 g/mol. The van der Waals surface area contributed by atoms with Crippen LogP contribution in [0.2, 0.25) is 0 Å². The highest BCUT2D eigenvalue weighted by Gasteiger charge is 2.28. The first-order chi connectivity index (χ1) is 11.3. The van der Waals surface area contributed by atoms with Gasteiger partial charge in [0.05, 0.1) is 6.10 Å². The second-order valence-electron chi connectivity index (χ2n) is 6.40. The zero-order valence-corrected chi connectivity index (χ0v) is 13.4. The summed E-state index contributed by atoms with van der Waals surface area (Å²) >= 11 is 0. The summed E-state index contributed by atoms with van der Waals surface area (Å²) in [6, 6.07) is 18.8. The first-order valence-electron chi connectivity index (χ1n) is 8.40. The van der Waals surface area contributed by atoms with Gasteiger partial charge in [-0.1, -0.05) is 54.6 Å². The Hall–Kier alpha value is -1.68. The Balaban J connectivity index is 1.60. The highest BCUT2D eigenvalue weighted by molar-refractivity contribution is 5.27. The van der Waals surface area contributed by atoms with E-state index in [4.69, 9.17) is 5.11 Å². The molecule has 2 aromatic carbocycles. The molecule has 23 heavy (non-hydrogen) atoms. The van der Waals surface area contributed by atoms with E-state index < -0.39 is 0 Å². The van der Waals surface area contributed by atoms with Crippen molar-refractivity contribution in [3.8, 4) is 0 Å². The fourth-order valence-corrected chi connectivity index (χ4v) is 3.43. The molecule has 0 spiro atoms. The summed E-state index contributed by atoms with van der Waals surface area (Å²) in [5.74, 6) is 0.213. The van der Waals surface area contributed by atoms with Crippen molar-refractivity contribution < 1.29 is 10.2 Å². The molecule has 1 aliphatic rings. The van der Waals surface area contributed by atoms with Crippen molar-refractivity contribution in [2.45, 2.75) is 31.4 Å². The molecule has 3 rings (SSSR count). The van der Waals surface area contributed by atoms with Crippen LogP contribution >= 0.6 is 0 Å². The van der Waals surface area contributed by atoms with Crippen LogP contribution in [0.5, 0.6) is 0 Å². The third kappa shape index (κ3) is 4.20. The molecule has 0 aromatic heterocycles. The van der Waals surface area contributed by atoms with E-state index in [0.29, 0.717) is 6.42 Å². The normalized spacial score (nSPS) is 22.2. The summed E-state index contributed by atoms with van der Waals surface area (Å²) in [7, 11) is 0. The third-order valence-electron chi connectivity index (χ3n) is 4.72. The molecule has 0 bridgehead atoms. The maximum atomic E-state index is 10.6. The van der Waals surface area contributed by atoms with Crippen molar-refractivity contribution in [1.29, 1.82) is 0 Å². The molecule has 0 aliphatic carbocycles. The van der Waals surface area contributed by atoms with Gasteiger partial charge in [-0.25, -0.2) is 0 Å². The molecule has 0 radical (unpaired) electrons. The van der Waals surface area contributed by atoms with Crippen molar-refractivity contribution >= 4 is 0 Å². The average Bonchev–Trinajstić information content (AvgIpc) is 2.57. The Morgan fingerprint density at radius 1 is 0.957 bits per heavy atom. The SMILES string of the molecule is OCCc1ccc(C2CCN(Cc3ccccc3)CC2O)cc1. The van der Waals surface area contributed by atoms with E-state index in [1.165, 1.54) is 11.1 Å². The molecule has 2 unspecified atom stereocenters. The minimum Gasteiger partial charge on any atom is -0.396 e. The van der Waals surface area contributed by atoms with Gasteiger partial charge in [0.25, 0.3) is 0 Å². The maximum absolute atomic E-state index is 10.6. The van der Waals surface area contributed by atoms with Gasteiger partial charge in [-0.05, 0) is 36.1 Å². The second kappa shape index (κ2) is 7.73. The molecule has 1 heterocycles. The number of likely N-dealkylation sites (tertiary alicyclic amines) is 1. The molecule has 2 aromatic rings. The topological polar surface area (TPSA) is 43.7 Å².